The molecule has 5 aromatic rings. The van der Waals surface area contributed by atoms with Gasteiger partial charge in [0.2, 0.25) is 0 Å². The molecule has 35 heavy (non-hydrogen) atoms. The average Bonchev–Trinajstić information content (AvgIpc) is 3.29. The summed E-state index contributed by atoms with van der Waals surface area (Å²) < 4.78 is 6.39. The Morgan fingerprint density at radius 1 is 0.800 bits per heavy atom. The van der Waals surface area contributed by atoms with E-state index in [9.17, 15) is 0 Å². The van der Waals surface area contributed by atoms with E-state index in [0.29, 0.717) is 0 Å². The van der Waals surface area contributed by atoms with E-state index in [2.05, 4.69) is 79.7 Å². The molecule has 3 fully saturated rings. The standard InChI is InChI=1S/C33H31NO/c1-21-15-27(24-5-3-2-4-6-24)19-30-29-12-11-26(20-32(29)35-33(21)30)31-18-23(13-14-34-31)17-28-16-22-7-9-25(28)10-8-22/h2-6,11-15,18-20,22,25,28H,7-10,16-17H2,1H3. The van der Waals surface area contributed by atoms with Crippen molar-refractivity contribution in [3.05, 3.63) is 90.1 Å². The smallest absolute Gasteiger partial charge is 0.138 e. The summed E-state index contributed by atoms with van der Waals surface area (Å²) in [4.78, 5) is 4.74. The van der Waals surface area contributed by atoms with Gasteiger partial charge < -0.3 is 4.42 Å². The Morgan fingerprint density at radius 3 is 2.46 bits per heavy atom. The largest absolute Gasteiger partial charge is 0.456 e. The number of rotatable bonds is 4. The van der Waals surface area contributed by atoms with Gasteiger partial charge in [0.05, 0.1) is 5.69 Å². The van der Waals surface area contributed by atoms with Crippen molar-refractivity contribution >= 4 is 21.9 Å². The van der Waals surface area contributed by atoms with Gasteiger partial charge in [-0.3, -0.25) is 4.98 Å². The second kappa shape index (κ2) is 8.37. The Hall–Kier alpha value is -3.39. The van der Waals surface area contributed by atoms with Gasteiger partial charge in [-0.2, -0.15) is 0 Å². The number of hydrogen-bond donors (Lipinski definition) is 0. The number of hydrogen-bond acceptors (Lipinski definition) is 2. The SMILES string of the molecule is Cc1cc(-c2ccccc2)cc2c1oc1cc(-c3cc(CC4CC5CCC4CC5)ccn3)ccc12. The molecule has 8 rings (SSSR count). The highest BCUT2D eigenvalue weighted by atomic mass is 16.3. The predicted octanol–water partition coefficient (Wildman–Crippen LogP) is 8.99. The zero-order valence-corrected chi connectivity index (χ0v) is 20.3. The monoisotopic (exact) mass is 457 g/mol. The molecule has 0 amide bonds. The third-order valence-electron chi connectivity index (χ3n) is 8.68. The lowest BCUT2D eigenvalue weighted by Gasteiger charge is -2.42. The summed E-state index contributed by atoms with van der Waals surface area (Å²) in [5, 5.41) is 2.35. The summed E-state index contributed by atoms with van der Waals surface area (Å²) in [6.45, 7) is 2.14. The van der Waals surface area contributed by atoms with Gasteiger partial charge in [-0.25, -0.2) is 0 Å². The zero-order valence-electron chi connectivity index (χ0n) is 20.3. The lowest BCUT2D eigenvalue weighted by Crippen LogP contribution is -2.32. The molecule has 0 N–H and O–H groups in total. The van der Waals surface area contributed by atoms with Crippen LogP contribution in [0.15, 0.2) is 83.4 Å². The summed E-state index contributed by atoms with van der Waals surface area (Å²) in [7, 11) is 0. The Bertz CT molecular complexity index is 1520. The van der Waals surface area contributed by atoms with Crippen LogP contribution in [-0.4, -0.2) is 4.98 Å². The molecule has 2 heterocycles. The Morgan fingerprint density at radius 2 is 1.66 bits per heavy atom. The number of furan rings is 1. The van der Waals surface area contributed by atoms with Crippen LogP contribution in [0.1, 0.15) is 43.2 Å². The van der Waals surface area contributed by atoms with E-state index in [-0.39, 0.29) is 0 Å². The highest BCUT2D eigenvalue weighted by Gasteiger charge is 2.35. The van der Waals surface area contributed by atoms with Crippen molar-refractivity contribution < 1.29 is 4.42 Å². The maximum absolute atomic E-state index is 6.39. The molecule has 2 nitrogen and oxygen atoms in total. The van der Waals surface area contributed by atoms with Crippen molar-refractivity contribution in [2.45, 2.75) is 45.4 Å². The minimum Gasteiger partial charge on any atom is -0.456 e. The number of fused-ring (bicyclic) bond motifs is 6. The number of aryl methyl sites for hydroxylation is 1. The van der Waals surface area contributed by atoms with Gasteiger partial charge in [-0.15, -0.1) is 0 Å². The van der Waals surface area contributed by atoms with Crippen LogP contribution < -0.4 is 0 Å². The third kappa shape index (κ3) is 3.76. The first-order valence-electron chi connectivity index (χ1n) is 13.2. The van der Waals surface area contributed by atoms with Crippen molar-refractivity contribution in [3.8, 4) is 22.4 Å². The fraction of sp³-hybridized carbons (Fsp3) is 0.303. The van der Waals surface area contributed by atoms with Crippen LogP contribution in [-0.2, 0) is 6.42 Å². The van der Waals surface area contributed by atoms with Crippen LogP contribution in [0.2, 0.25) is 0 Å². The molecule has 2 aromatic heterocycles. The van der Waals surface area contributed by atoms with E-state index in [1.807, 2.05) is 6.20 Å². The summed E-state index contributed by atoms with van der Waals surface area (Å²) in [6, 6.07) is 26.2. The van der Waals surface area contributed by atoms with E-state index in [1.165, 1.54) is 71.6 Å². The number of pyridine rings is 1. The van der Waals surface area contributed by atoms with Crippen LogP contribution in [0.4, 0.5) is 0 Å². The molecule has 0 spiro atoms. The van der Waals surface area contributed by atoms with Crippen LogP contribution in [0, 0.1) is 24.7 Å². The quantitative estimate of drug-likeness (QED) is 0.269. The van der Waals surface area contributed by atoms with E-state index in [4.69, 9.17) is 9.40 Å². The van der Waals surface area contributed by atoms with Crippen LogP contribution in [0.25, 0.3) is 44.3 Å². The molecule has 1 atom stereocenters. The first-order chi connectivity index (χ1) is 17.2. The van der Waals surface area contributed by atoms with Gasteiger partial charge in [0.25, 0.3) is 0 Å². The molecule has 2 bridgehead atoms. The highest BCUT2D eigenvalue weighted by Crippen LogP contribution is 2.46. The van der Waals surface area contributed by atoms with Crippen LogP contribution in [0.3, 0.4) is 0 Å². The Labute approximate surface area is 207 Å². The van der Waals surface area contributed by atoms with Crippen LogP contribution in [0.5, 0.6) is 0 Å². The fourth-order valence-electron chi connectivity index (χ4n) is 6.83. The van der Waals surface area contributed by atoms with Gasteiger partial charge >= 0.3 is 0 Å². The van der Waals surface area contributed by atoms with Crippen molar-refractivity contribution in [2.75, 3.05) is 0 Å². The second-order valence-corrected chi connectivity index (χ2v) is 10.9. The zero-order chi connectivity index (χ0) is 23.4. The maximum Gasteiger partial charge on any atom is 0.138 e. The molecule has 3 aromatic carbocycles. The van der Waals surface area contributed by atoms with Crippen molar-refractivity contribution in [3.63, 3.8) is 0 Å². The minimum atomic E-state index is 0.859. The average molecular weight is 458 g/mol. The van der Waals surface area contributed by atoms with E-state index in [1.54, 1.807) is 0 Å². The van der Waals surface area contributed by atoms with Gasteiger partial charge in [0.1, 0.15) is 11.2 Å². The van der Waals surface area contributed by atoms with E-state index >= 15 is 0 Å². The van der Waals surface area contributed by atoms with Crippen molar-refractivity contribution in [2.24, 2.45) is 17.8 Å². The van der Waals surface area contributed by atoms with Gasteiger partial charge in [0.15, 0.2) is 0 Å². The lowest BCUT2D eigenvalue weighted by molar-refractivity contribution is 0.0991. The molecule has 3 saturated carbocycles. The van der Waals surface area contributed by atoms with E-state index < -0.39 is 0 Å². The molecular formula is C33H31NO. The first-order valence-corrected chi connectivity index (χ1v) is 13.2. The second-order valence-electron chi connectivity index (χ2n) is 10.9. The molecule has 1 unspecified atom stereocenters. The number of nitrogens with zero attached hydrogens (tertiary/aromatic N) is 1. The molecular weight excluding hydrogens is 426 g/mol. The summed E-state index contributed by atoms with van der Waals surface area (Å²) in [6.07, 6.45) is 10.4. The normalized spacial score (nSPS) is 21.7. The van der Waals surface area contributed by atoms with E-state index in [0.717, 1.165) is 40.2 Å². The summed E-state index contributed by atoms with van der Waals surface area (Å²) in [5.74, 6) is 2.78. The van der Waals surface area contributed by atoms with Crippen molar-refractivity contribution in [1.82, 2.24) is 4.98 Å². The Balaban J connectivity index is 1.23. The Kier molecular flexibility index (Phi) is 5.01. The number of benzene rings is 3. The van der Waals surface area contributed by atoms with Crippen molar-refractivity contribution in [1.29, 1.82) is 0 Å². The molecule has 0 aliphatic heterocycles. The minimum absolute atomic E-state index is 0.859. The van der Waals surface area contributed by atoms with Gasteiger partial charge in [0, 0.05) is 22.5 Å². The molecule has 3 aliphatic rings. The van der Waals surface area contributed by atoms with Gasteiger partial charge in [-0.1, -0.05) is 49.2 Å². The molecule has 2 heteroatoms. The third-order valence-corrected chi connectivity index (χ3v) is 8.68. The molecule has 3 aliphatic carbocycles. The molecule has 174 valence electrons. The lowest BCUT2D eigenvalue weighted by atomic mass is 9.63. The van der Waals surface area contributed by atoms with Crippen LogP contribution >= 0.6 is 0 Å². The summed E-state index contributed by atoms with van der Waals surface area (Å²) >= 11 is 0. The molecule has 0 saturated heterocycles. The number of aromatic nitrogens is 1. The fourth-order valence-corrected chi connectivity index (χ4v) is 6.83. The molecule has 0 radical (unpaired) electrons. The maximum atomic E-state index is 6.39. The first kappa shape index (κ1) is 20.9. The van der Waals surface area contributed by atoms with Gasteiger partial charge in [-0.05, 0) is 109 Å². The summed E-state index contributed by atoms with van der Waals surface area (Å²) in [5.41, 5.74) is 9.15. The highest BCUT2D eigenvalue weighted by molar-refractivity contribution is 6.08. The predicted molar refractivity (Wildman–Crippen MR) is 144 cm³/mol. The topological polar surface area (TPSA) is 26.0 Å².